The Hall–Kier alpha value is -1.16. The van der Waals surface area contributed by atoms with Crippen LogP contribution >= 0.6 is 27.5 Å². The molecule has 7 nitrogen and oxygen atoms in total. The van der Waals surface area contributed by atoms with Gasteiger partial charge in [-0.3, -0.25) is 0 Å². The summed E-state index contributed by atoms with van der Waals surface area (Å²) in [6.45, 7) is -0.0995. The molecule has 1 aromatic heterocycles. The minimum Gasteiger partial charge on any atom is -0.398 e. The third kappa shape index (κ3) is 3.24. The molecule has 3 N–H and O–H groups in total. The molecule has 0 aliphatic carbocycles. The van der Waals surface area contributed by atoms with Crippen LogP contribution in [-0.2, 0) is 16.6 Å². The van der Waals surface area contributed by atoms with Gasteiger partial charge in [0.05, 0.1) is 15.9 Å². The Morgan fingerprint density at radius 2 is 2.21 bits per heavy atom. The molecule has 2 aromatic rings. The topological polar surface area (TPSA) is 111 Å². The van der Waals surface area contributed by atoms with E-state index in [-0.39, 0.29) is 32.4 Å². The average Bonchev–Trinajstić information content (AvgIpc) is 2.84. The molecule has 0 spiro atoms. The largest absolute Gasteiger partial charge is 0.398 e. The summed E-state index contributed by atoms with van der Waals surface area (Å²) in [7, 11) is -3.80. The number of halogens is 2. The summed E-state index contributed by atoms with van der Waals surface area (Å²) in [5, 5.41) is 3.72. The van der Waals surface area contributed by atoms with Crippen LogP contribution in [0.3, 0.4) is 0 Å². The van der Waals surface area contributed by atoms with Gasteiger partial charge in [-0.15, -0.1) is 0 Å². The molecule has 19 heavy (non-hydrogen) atoms. The van der Waals surface area contributed by atoms with Gasteiger partial charge in [0.1, 0.15) is 0 Å². The maximum Gasteiger partial charge on any atom is 0.242 e. The maximum absolute atomic E-state index is 12.1. The number of nitrogen functional groups attached to an aromatic ring is 1. The van der Waals surface area contributed by atoms with Gasteiger partial charge in [0.15, 0.2) is 5.82 Å². The zero-order valence-corrected chi connectivity index (χ0v) is 12.5. The van der Waals surface area contributed by atoms with Crippen molar-refractivity contribution in [3.8, 4) is 0 Å². The summed E-state index contributed by atoms with van der Waals surface area (Å²) in [5.41, 5.74) is 5.87. The lowest BCUT2D eigenvalue weighted by Gasteiger charge is -2.09. The Morgan fingerprint density at radius 1 is 1.47 bits per heavy atom. The summed E-state index contributed by atoms with van der Waals surface area (Å²) in [6, 6.07) is 2.74. The minimum absolute atomic E-state index is 0.0546. The van der Waals surface area contributed by atoms with E-state index in [1.807, 2.05) is 0 Å². The highest BCUT2D eigenvalue weighted by Gasteiger charge is 2.20. The first-order valence-electron chi connectivity index (χ1n) is 4.89. The minimum atomic E-state index is -3.80. The Bertz CT molecular complexity index is 690. The van der Waals surface area contributed by atoms with Gasteiger partial charge in [-0.05, 0) is 28.1 Å². The second-order valence-corrected chi connectivity index (χ2v) is 6.44. The van der Waals surface area contributed by atoms with Crippen LogP contribution in [0.25, 0.3) is 0 Å². The highest BCUT2D eigenvalue weighted by molar-refractivity contribution is 9.10. The van der Waals surface area contributed by atoms with E-state index in [0.29, 0.717) is 0 Å². The molecule has 0 bridgehead atoms. The molecule has 1 aromatic carbocycles. The van der Waals surface area contributed by atoms with Crippen LogP contribution in [0.5, 0.6) is 0 Å². The molecule has 0 unspecified atom stereocenters. The molecule has 102 valence electrons. The monoisotopic (exact) mass is 366 g/mol. The number of benzene rings is 1. The highest BCUT2D eigenvalue weighted by Crippen LogP contribution is 2.31. The number of nitrogens with zero attached hydrogens (tertiary/aromatic N) is 2. The molecule has 2 rings (SSSR count). The zero-order valence-electron chi connectivity index (χ0n) is 9.30. The van der Waals surface area contributed by atoms with Crippen LogP contribution in [0.1, 0.15) is 5.82 Å². The fraction of sp³-hybridized carbons (Fsp3) is 0.111. The molecule has 10 heteroatoms. The normalized spacial score (nSPS) is 11.7. The Balaban J connectivity index is 2.29. The van der Waals surface area contributed by atoms with Gasteiger partial charge < -0.3 is 10.3 Å². The fourth-order valence-electron chi connectivity index (χ4n) is 1.29. The molecule has 0 atom stereocenters. The lowest BCUT2D eigenvalue weighted by molar-refractivity contribution is 0.409. The zero-order chi connectivity index (χ0) is 14.0. The number of anilines is 1. The highest BCUT2D eigenvalue weighted by atomic mass is 79.9. The number of rotatable bonds is 4. The molecule has 1 heterocycles. The van der Waals surface area contributed by atoms with E-state index in [4.69, 9.17) is 17.3 Å². The predicted molar refractivity (Wildman–Crippen MR) is 71.9 cm³/mol. The fourth-order valence-corrected chi connectivity index (χ4v) is 3.56. The molecule has 0 saturated carbocycles. The molecular formula is C9H8BrClN4O3S. The van der Waals surface area contributed by atoms with E-state index in [2.05, 4.69) is 35.3 Å². The number of nitrogens with two attached hydrogens (primary N) is 1. The second-order valence-electron chi connectivity index (χ2n) is 3.48. The lowest BCUT2D eigenvalue weighted by atomic mass is 10.3. The number of sulfonamides is 1. The van der Waals surface area contributed by atoms with Gasteiger partial charge in [0.25, 0.3) is 0 Å². The maximum atomic E-state index is 12.1. The van der Waals surface area contributed by atoms with Crippen LogP contribution < -0.4 is 10.5 Å². The standard InChI is InChI=1S/C9H8BrClN4O3S/c10-9-6(12)1-5(11)2-7(9)19(16,17)14-3-8-13-4-18-15-8/h1-2,4,14H,3,12H2. The summed E-state index contributed by atoms with van der Waals surface area (Å²) in [4.78, 5) is 3.65. The first-order chi connectivity index (χ1) is 8.90. The quantitative estimate of drug-likeness (QED) is 0.793. The van der Waals surface area contributed by atoms with E-state index >= 15 is 0 Å². The van der Waals surface area contributed by atoms with Gasteiger partial charge in [-0.2, -0.15) is 4.98 Å². The lowest BCUT2D eigenvalue weighted by Crippen LogP contribution is -2.24. The van der Waals surface area contributed by atoms with E-state index in [9.17, 15) is 8.42 Å². The van der Waals surface area contributed by atoms with Crippen molar-refractivity contribution in [3.05, 3.63) is 33.8 Å². The van der Waals surface area contributed by atoms with E-state index in [0.717, 1.165) is 6.39 Å². The van der Waals surface area contributed by atoms with Crippen molar-refractivity contribution in [3.63, 3.8) is 0 Å². The molecule has 0 radical (unpaired) electrons. The summed E-state index contributed by atoms with van der Waals surface area (Å²) in [6.07, 6.45) is 1.11. The van der Waals surface area contributed by atoms with E-state index in [1.165, 1.54) is 12.1 Å². The van der Waals surface area contributed by atoms with Crippen LogP contribution in [0.15, 0.2) is 32.4 Å². The SMILES string of the molecule is Nc1cc(Cl)cc(S(=O)(=O)NCc2ncon2)c1Br. The van der Waals surface area contributed by atoms with Crippen molar-refractivity contribution in [2.75, 3.05) is 5.73 Å². The molecule has 0 aliphatic rings. The van der Waals surface area contributed by atoms with Crippen molar-refractivity contribution < 1.29 is 12.9 Å². The molecule has 0 amide bonds. The summed E-state index contributed by atoms with van der Waals surface area (Å²) in [5.74, 6) is 0.217. The van der Waals surface area contributed by atoms with Crippen LogP contribution in [-0.4, -0.2) is 18.6 Å². The smallest absolute Gasteiger partial charge is 0.242 e. The third-order valence-electron chi connectivity index (χ3n) is 2.15. The van der Waals surface area contributed by atoms with Crippen LogP contribution in [0.4, 0.5) is 5.69 Å². The van der Waals surface area contributed by atoms with Crippen molar-refractivity contribution in [1.82, 2.24) is 14.9 Å². The summed E-state index contributed by atoms with van der Waals surface area (Å²) >= 11 is 8.91. The Morgan fingerprint density at radius 3 is 2.84 bits per heavy atom. The molecular weight excluding hydrogens is 360 g/mol. The number of nitrogens with one attached hydrogen (secondary N) is 1. The van der Waals surface area contributed by atoms with Crippen molar-refractivity contribution >= 4 is 43.2 Å². The van der Waals surface area contributed by atoms with E-state index in [1.54, 1.807) is 0 Å². The first-order valence-corrected chi connectivity index (χ1v) is 7.55. The number of hydrogen-bond donors (Lipinski definition) is 2. The number of aromatic nitrogens is 2. The molecule has 0 aliphatic heterocycles. The predicted octanol–water partition coefficient (Wildman–Crippen LogP) is 1.55. The van der Waals surface area contributed by atoms with Gasteiger partial charge >= 0.3 is 0 Å². The third-order valence-corrected chi connectivity index (χ3v) is 4.94. The molecule has 0 fully saturated rings. The number of hydrogen-bond acceptors (Lipinski definition) is 6. The summed E-state index contributed by atoms with van der Waals surface area (Å²) < 4.78 is 31.3. The van der Waals surface area contributed by atoms with Crippen molar-refractivity contribution in [2.45, 2.75) is 11.4 Å². The van der Waals surface area contributed by atoms with E-state index < -0.39 is 10.0 Å². The Labute approximate surface area is 122 Å². The first kappa shape index (κ1) is 14.3. The Kier molecular flexibility index (Phi) is 4.09. The van der Waals surface area contributed by atoms with Gasteiger partial charge in [-0.25, -0.2) is 13.1 Å². The van der Waals surface area contributed by atoms with Gasteiger partial charge in [0.2, 0.25) is 16.4 Å². The van der Waals surface area contributed by atoms with Crippen LogP contribution in [0, 0.1) is 0 Å². The average molecular weight is 368 g/mol. The second kappa shape index (κ2) is 5.45. The van der Waals surface area contributed by atoms with Gasteiger partial charge in [0, 0.05) is 10.7 Å². The van der Waals surface area contributed by atoms with Crippen LogP contribution in [0.2, 0.25) is 5.02 Å². The molecule has 0 saturated heterocycles. The van der Waals surface area contributed by atoms with Crippen molar-refractivity contribution in [2.24, 2.45) is 0 Å². The van der Waals surface area contributed by atoms with Gasteiger partial charge in [-0.1, -0.05) is 16.8 Å². The van der Waals surface area contributed by atoms with Crippen molar-refractivity contribution in [1.29, 1.82) is 0 Å².